The first-order valence-corrected chi connectivity index (χ1v) is 10.5. The Labute approximate surface area is 182 Å². The van der Waals surface area contributed by atoms with E-state index in [2.05, 4.69) is 22.9 Å². The van der Waals surface area contributed by atoms with Crippen molar-refractivity contribution in [3.63, 3.8) is 0 Å². The molecule has 8 nitrogen and oxygen atoms in total. The summed E-state index contributed by atoms with van der Waals surface area (Å²) in [6.45, 7) is 9.02. The number of hydrogen-bond acceptors (Lipinski definition) is 6. The van der Waals surface area contributed by atoms with E-state index in [0.29, 0.717) is 36.7 Å². The monoisotopic (exact) mass is 424 g/mol. The van der Waals surface area contributed by atoms with Gasteiger partial charge in [0, 0.05) is 38.4 Å². The number of piperazine rings is 1. The second-order valence-electron chi connectivity index (χ2n) is 8.11. The molecule has 164 valence electrons. The van der Waals surface area contributed by atoms with Gasteiger partial charge >= 0.3 is 6.09 Å². The average Bonchev–Trinajstić information content (AvgIpc) is 3.11. The zero-order valence-corrected chi connectivity index (χ0v) is 18.4. The van der Waals surface area contributed by atoms with Crippen LogP contribution in [0.5, 0.6) is 5.75 Å². The van der Waals surface area contributed by atoms with Crippen LogP contribution in [0, 0.1) is 13.8 Å². The van der Waals surface area contributed by atoms with Gasteiger partial charge in [0.15, 0.2) is 0 Å². The number of aryl methyl sites for hydroxylation is 2. The summed E-state index contributed by atoms with van der Waals surface area (Å²) in [7, 11) is 1.53. The molecule has 0 bridgehead atoms. The summed E-state index contributed by atoms with van der Waals surface area (Å²) in [5.74, 6) is 1.35. The van der Waals surface area contributed by atoms with E-state index < -0.39 is 0 Å². The summed E-state index contributed by atoms with van der Waals surface area (Å²) >= 11 is 0. The highest BCUT2D eigenvalue weighted by Gasteiger charge is 2.32. The number of hydrogen-bond donors (Lipinski definition) is 0. The molecule has 0 spiro atoms. The molecule has 1 aromatic heterocycles. The second kappa shape index (κ2) is 8.45. The van der Waals surface area contributed by atoms with Crippen LogP contribution in [0.4, 0.5) is 16.3 Å². The number of carbonyl (C=O) groups is 2. The first-order valence-electron chi connectivity index (χ1n) is 10.5. The topological polar surface area (TPSA) is 75.2 Å². The molecule has 1 atom stereocenters. The first-order chi connectivity index (χ1) is 14.9. The molecule has 0 N–H and O–H groups in total. The van der Waals surface area contributed by atoms with Crippen molar-refractivity contribution in [1.29, 1.82) is 0 Å². The summed E-state index contributed by atoms with van der Waals surface area (Å²) < 4.78 is 10.6. The fourth-order valence-electron chi connectivity index (χ4n) is 4.21. The molecule has 1 aromatic carbocycles. The zero-order valence-electron chi connectivity index (χ0n) is 18.4. The molecule has 4 rings (SSSR count). The Hall–Kier alpha value is -3.29. The Morgan fingerprint density at radius 3 is 2.52 bits per heavy atom. The van der Waals surface area contributed by atoms with E-state index in [1.54, 1.807) is 23.1 Å². The third kappa shape index (κ3) is 4.02. The summed E-state index contributed by atoms with van der Waals surface area (Å²) in [4.78, 5) is 35.4. The van der Waals surface area contributed by atoms with E-state index in [4.69, 9.17) is 9.47 Å². The SMILES string of the molecule is COc1cc(N2C(=O)OC[C@H]2C)ccc1C(=O)N1CCN(c2ncc(C)cc2C)CC1. The minimum atomic E-state index is -0.384. The molecule has 0 unspecified atom stereocenters. The van der Waals surface area contributed by atoms with E-state index in [1.807, 2.05) is 24.9 Å². The maximum Gasteiger partial charge on any atom is 0.414 e. The number of carbonyl (C=O) groups excluding carboxylic acids is 2. The lowest BCUT2D eigenvalue weighted by molar-refractivity contribution is 0.0743. The molecule has 2 amide bonds. The minimum Gasteiger partial charge on any atom is -0.496 e. The lowest BCUT2D eigenvalue weighted by Crippen LogP contribution is -2.49. The quantitative estimate of drug-likeness (QED) is 0.751. The minimum absolute atomic E-state index is 0.0642. The highest BCUT2D eigenvalue weighted by atomic mass is 16.6. The van der Waals surface area contributed by atoms with Crippen LogP contribution < -0.4 is 14.5 Å². The Morgan fingerprint density at radius 1 is 1.16 bits per heavy atom. The van der Waals surface area contributed by atoms with Crippen LogP contribution in [0.15, 0.2) is 30.5 Å². The molecule has 8 heteroatoms. The molecule has 2 fully saturated rings. The van der Waals surface area contributed by atoms with Crippen LogP contribution in [0.2, 0.25) is 0 Å². The summed E-state index contributed by atoms with van der Waals surface area (Å²) in [5.41, 5.74) is 3.44. The van der Waals surface area contributed by atoms with E-state index in [9.17, 15) is 9.59 Å². The number of nitrogens with zero attached hydrogens (tertiary/aromatic N) is 4. The third-order valence-electron chi connectivity index (χ3n) is 5.83. The number of benzene rings is 1. The van der Waals surface area contributed by atoms with Crippen molar-refractivity contribution < 1.29 is 19.1 Å². The number of cyclic esters (lactones) is 1. The van der Waals surface area contributed by atoms with Crippen molar-refractivity contribution >= 4 is 23.5 Å². The standard InChI is InChI=1S/C23H28N4O4/c1-15-11-16(2)21(24-13-15)25-7-9-26(10-8-25)22(28)19-6-5-18(12-20(19)30-4)27-17(3)14-31-23(27)29/h5-6,11-13,17H,7-10,14H2,1-4H3/t17-/m1/s1. The van der Waals surface area contributed by atoms with Gasteiger partial charge in [-0.05, 0) is 44.0 Å². The summed E-state index contributed by atoms with van der Waals surface area (Å²) in [5, 5.41) is 0. The van der Waals surface area contributed by atoms with Crippen LogP contribution in [-0.2, 0) is 4.74 Å². The van der Waals surface area contributed by atoms with Crippen LogP contribution in [0.1, 0.15) is 28.4 Å². The summed E-state index contributed by atoms with van der Waals surface area (Å²) in [6, 6.07) is 7.29. The molecule has 2 aliphatic rings. The Bertz CT molecular complexity index is 1000. The number of anilines is 2. The van der Waals surface area contributed by atoms with Gasteiger partial charge in [-0.2, -0.15) is 0 Å². The molecule has 2 aromatic rings. The smallest absolute Gasteiger partial charge is 0.414 e. The molecule has 2 aliphatic heterocycles. The van der Waals surface area contributed by atoms with E-state index in [1.165, 1.54) is 7.11 Å². The molecule has 0 saturated carbocycles. The van der Waals surface area contributed by atoms with Crippen molar-refractivity contribution in [2.75, 3.05) is 49.7 Å². The lowest BCUT2D eigenvalue weighted by atomic mass is 10.1. The fourth-order valence-corrected chi connectivity index (χ4v) is 4.21. The predicted octanol–water partition coefficient (Wildman–Crippen LogP) is 3.01. The predicted molar refractivity (Wildman–Crippen MR) is 118 cm³/mol. The first kappa shape index (κ1) is 21.0. The number of aromatic nitrogens is 1. The molecular formula is C23H28N4O4. The van der Waals surface area contributed by atoms with Gasteiger partial charge < -0.3 is 19.3 Å². The van der Waals surface area contributed by atoms with Gasteiger partial charge in [0.05, 0.1) is 24.4 Å². The summed E-state index contributed by atoms with van der Waals surface area (Å²) in [6.07, 6.45) is 1.49. The molecule has 0 radical (unpaired) electrons. The van der Waals surface area contributed by atoms with Gasteiger partial charge in [-0.15, -0.1) is 0 Å². The fraction of sp³-hybridized carbons (Fsp3) is 0.435. The van der Waals surface area contributed by atoms with Gasteiger partial charge in [0.25, 0.3) is 5.91 Å². The van der Waals surface area contributed by atoms with Crippen LogP contribution in [0.25, 0.3) is 0 Å². The van der Waals surface area contributed by atoms with Crippen LogP contribution in [-0.4, -0.2) is 67.8 Å². The van der Waals surface area contributed by atoms with Crippen molar-refractivity contribution in [3.8, 4) is 5.75 Å². The highest BCUT2D eigenvalue weighted by Crippen LogP contribution is 2.30. The van der Waals surface area contributed by atoms with Crippen molar-refractivity contribution in [1.82, 2.24) is 9.88 Å². The van der Waals surface area contributed by atoms with Gasteiger partial charge in [-0.1, -0.05) is 6.07 Å². The van der Waals surface area contributed by atoms with Crippen LogP contribution >= 0.6 is 0 Å². The zero-order chi connectivity index (χ0) is 22.1. The van der Waals surface area contributed by atoms with E-state index >= 15 is 0 Å². The number of rotatable bonds is 4. The van der Waals surface area contributed by atoms with E-state index in [0.717, 1.165) is 30.0 Å². The van der Waals surface area contributed by atoms with Gasteiger partial charge in [-0.3, -0.25) is 9.69 Å². The number of amides is 2. The van der Waals surface area contributed by atoms with Gasteiger partial charge in [0.1, 0.15) is 18.2 Å². The number of methoxy groups -OCH3 is 1. The van der Waals surface area contributed by atoms with Crippen LogP contribution in [0.3, 0.4) is 0 Å². The average molecular weight is 425 g/mol. The van der Waals surface area contributed by atoms with Gasteiger partial charge in [0.2, 0.25) is 0 Å². The Kier molecular flexibility index (Phi) is 5.71. The van der Waals surface area contributed by atoms with Crippen molar-refractivity contribution in [3.05, 3.63) is 47.2 Å². The second-order valence-corrected chi connectivity index (χ2v) is 8.11. The molecule has 31 heavy (non-hydrogen) atoms. The van der Waals surface area contributed by atoms with Gasteiger partial charge in [-0.25, -0.2) is 9.78 Å². The normalized spacial score (nSPS) is 18.9. The number of ether oxygens (including phenoxy) is 2. The van der Waals surface area contributed by atoms with E-state index in [-0.39, 0.29) is 18.0 Å². The largest absolute Gasteiger partial charge is 0.496 e. The third-order valence-corrected chi connectivity index (χ3v) is 5.83. The number of pyridine rings is 1. The molecular weight excluding hydrogens is 396 g/mol. The lowest BCUT2D eigenvalue weighted by Gasteiger charge is -2.36. The molecule has 0 aliphatic carbocycles. The highest BCUT2D eigenvalue weighted by molar-refractivity contribution is 5.99. The van der Waals surface area contributed by atoms with Crippen molar-refractivity contribution in [2.24, 2.45) is 0 Å². The Balaban J connectivity index is 1.48. The maximum absolute atomic E-state index is 13.2. The maximum atomic E-state index is 13.2. The van der Waals surface area contributed by atoms with Crippen molar-refractivity contribution in [2.45, 2.75) is 26.8 Å². The molecule has 2 saturated heterocycles. The molecule has 3 heterocycles. The Morgan fingerprint density at radius 2 is 1.90 bits per heavy atom.